The Bertz CT molecular complexity index is 953. The van der Waals surface area contributed by atoms with E-state index in [9.17, 15) is 18.8 Å². The number of nitrogen functional groups attached to an aromatic ring is 1. The lowest BCUT2D eigenvalue weighted by atomic mass is 10.0. The Hall–Kier alpha value is -3.01. The van der Waals surface area contributed by atoms with Gasteiger partial charge in [-0.3, -0.25) is 14.4 Å². The summed E-state index contributed by atoms with van der Waals surface area (Å²) in [6.07, 6.45) is 1.04. The van der Waals surface area contributed by atoms with Crippen molar-refractivity contribution in [3.63, 3.8) is 0 Å². The van der Waals surface area contributed by atoms with Crippen molar-refractivity contribution >= 4 is 34.9 Å². The largest absolute Gasteiger partial charge is 0.395 e. The molecule has 0 saturated carbocycles. The normalized spacial score (nSPS) is 12.3. The number of carbonyl (C=O) groups excluding carboxylic acids is 3. The Morgan fingerprint density at radius 1 is 1.23 bits per heavy atom. The Morgan fingerprint density at radius 2 is 1.84 bits per heavy atom. The third kappa shape index (κ3) is 6.24. The highest BCUT2D eigenvalue weighted by atomic mass is 32.1. The van der Waals surface area contributed by atoms with Gasteiger partial charge in [-0.25, -0.2) is 4.39 Å². The predicted molar refractivity (Wildman–Crippen MR) is 118 cm³/mol. The smallest absolute Gasteiger partial charge is 0.270 e. The van der Waals surface area contributed by atoms with Crippen LogP contribution >= 0.6 is 11.5 Å². The molecule has 0 aliphatic carbocycles. The minimum absolute atomic E-state index is 0.0283. The highest BCUT2D eigenvalue weighted by Crippen LogP contribution is 2.26. The molecule has 0 bridgehead atoms. The van der Waals surface area contributed by atoms with Crippen molar-refractivity contribution in [2.45, 2.75) is 58.7 Å². The second kappa shape index (κ2) is 9.86. The number of halogens is 1. The van der Waals surface area contributed by atoms with Gasteiger partial charge in [0.05, 0.1) is 5.69 Å². The van der Waals surface area contributed by atoms with E-state index in [1.54, 1.807) is 12.1 Å². The van der Waals surface area contributed by atoms with Gasteiger partial charge in [-0.15, -0.1) is 0 Å². The number of aromatic nitrogens is 1. The van der Waals surface area contributed by atoms with Crippen LogP contribution in [0.1, 0.15) is 66.3 Å². The van der Waals surface area contributed by atoms with Gasteiger partial charge in [0.25, 0.3) is 11.8 Å². The van der Waals surface area contributed by atoms with Gasteiger partial charge in [0.2, 0.25) is 5.91 Å². The van der Waals surface area contributed by atoms with Crippen molar-refractivity contribution in [3.05, 3.63) is 46.2 Å². The van der Waals surface area contributed by atoms with E-state index in [0.717, 1.165) is 11.5 Å². The molecule has 0 aliphatic rings. The summed E-state index contributed by atoms with van der Waals surface area (Å²) in [6.45, 7) is 7.50. The van der Waals surface area contributed by atoms with Gasteiger partial charge in [-0.1, -0.05) is 25.5 Å². The number of nitrogens with zero attached hydrogens (tertiary/aromatic N) is 2. The van der Waals surface area contributed by atoms with Crippen LogP contribution in [0, 0.1) is 5.82 Å². The Kier molecular flexibility index (Phi) is 7.72. The number of benzene rings is 1. The van der Waals surface area contributed by atoms with E-state index in [-0.39, 0.29) is 28.7 Å². The van der Waals surface area contributed by atoms with E-state index in [0.29, 0.717) is 18.4 Å². The minimum Gasteiger partial charge on any atom is -0.395 e. The maximum absolute atomic E-state index is 13.5. The molecule has 0 fully saturated rings. The van der Waals surface area contributed by atoms with E-state index >= 15 is 0 Å². The van der Waals surface area contributed by atoms with Crippen molar-refractivity contribution < 1.29 is 18.8 Å². The van der Waals surface area contributed by atoms with Gasteiger partial charge in [0, 0.05) is 12.1 Å². The molecule has 0 spiro atoms. The van der Waals surface area contributed by atoms with Gasteiger partial charge in [-0.05, 0) is 56.4 Å². The molecule has 5 N–H and O–H groups in total. The Morgan fingerprint density at radius 3 is 2.32 bits per heavy atom. The minimum atomic E-state index is -0.839. The van der Waals surface area contributed by atoms with Crippen molar-refractivity contribution in [2.75, 3.05) is 5.73 Å². The molecule has 2 rings (SSSR count). The summed E-state index contributed by atoms with van der Waals surface area (Å²) in [5.74, 6) is -2.11. The lowest BCUT2D eigenvalue weighted by molar-refractivity contribution is -0.127. The van der Waals surface area contributed by atoms with E-state index in [1.165, 1.54) is 17.0 Å². The van der Waals surface area contributed by atoms with Crippen molar-refractivity contribution in [3.8, 4) is 0 Å². The molecule has 0 aliphatic heterocycles. The first-order chi connectivity index (χ1) is 14.4. The Balaban J connectivity index is 2.49. The standard InChI is InChI=1S/C21H28FN5O3S/c1-5-6-14(19(29)25-21(2,3)4)27(11-12-7-9-13(22)10-8-12)20(30)17-15(23)16(18(24)28)26-31-17/h7-10,14H,5-6,11,23H2,1-4H3,(H2,24,28)(H,25,29)/t14-/m1/s1. The molecule has 168 valence electrons. The summed E-state index contributed by atoms with van der Waals surface area (Å²) in [5, 5.41) is 2.91. The summed E-state index contributed by atoms with van der Waals surface area (Å²) in [4.78, 5) is 39.5. The molecule has 3 amide bonds. The number of amides is 3. The molecule has 1 heterocycles. The van der Waals surface area contributed by atoms with Crippen LogP contribution in [0.15, 0.2) is 24.3 Å². The number of anilines is 1. The van der Waals surface area contributed by atoms with Crippen LogP contribution in [0.25, 0.3) is 0 Å². The van der Waals surface area contributed by atoms with Crippen LogP contribution in [0.4, 0.5) is 10.1 Å². The van der Waals surface area contributed by atoms with Crippen LogP contribution in [0.5, 0.6) is 0 Å². The van der Waals surface area contributed by atoms with Crippen LogP contribution in [0.3, 0.4) is 0 Å². The SMILES string of the molecule is CCC[C@H](C(=O)NC(C)(C)C)N(Cc1ccc(F)cc1)C(=O)c1snc(C(N)=O)c1N. The van der Waals surface area contributed by atoms with E-state index in [4.69, 9.17) is 11.5 Å². The fourth-order valence-electron chi connectivity index (χ4n) is 3.02. The first-order valence-corrected chi connectivity index (χ1v) is 10.6. The lowest BCUT2D eigenvalue weighted by Gasteiger charge is -2.33. The zero-order valence-electron chi connectivity index (χ0n) is 18.1. The Labute approximate surface area is 185 Å². The zero-order valence-corrected chi connectivity index (χ0v) is 18.9. The molecule has 10 heteroatoms. The molecule has 0 saturated heterocycles. The lowest BCUT2D eigenvalue weighted by Crippen LogP contribution is -2.53. The van der Waals surface area contributed by atoms with Crippen molar-refractivity contribution in [1.29, 1.82) is 0 Å². The summed E-state index contributed by atoms with van der Waals surface area (Å²) in [5.41, 5.74) is 11.1. The number of hydrogen-bond donors (Lipinski definition) is 3. The molecule has 0 radical (unpaired) electrons. The van der Waals surface area contributed by atoms with Gasteiger partial charge in [0.15, 0.2) is 5.69 Å². The van der Waals surface area contributed by atoms with Crippen LogP contribution < -0.4 is 16.8 Å². The first-order valence-electron chi connectivity index (χ1n) is 9.87. The molecule has 1 atom stereocenters. The van der Waals surface area contributed by atoms with E-state index in [2.05, 4.69) is 9.69 Å². The molecule has 0 unspecified atom stereocenters. The molecule has 2 aromatic rings. The number of carbonyl (C=O) groups is 3. The topological polar surface area (TPSA) is 131 Å². The number of nitrogens with two attached hydrogens (primary N) is 2. The third-order valence-corrected chi connectivity index (χ3v) is 5.27. The second-order valence-corrected chi connectivity index (χ2v) is 9.01. The summed E-state index contributed by atoms with van der Waals surface area (Å²) in [6, 6.07) is 4.86. The number of rotatable bonds is 8. The number of hydrogen-bond acceptors (Lipinski definition) is 6. The zero-order chi connectivity index (χ0) is 23.3. The first kappa shape index (κ1) is 24.3. The quantitative estimate of drug-likeness (QED) is 0.570. The van der Waals surface area contributed by atoms with E-state index < -0.39 is 29.2 Å². The van der Waals surface area contributed by atoms with Gasteiger partial charge >= 0.3 is 0 Å². The molecule has 1 aromatic heterocycles. The maximum Gasteiger partial charge on any atom is 0.270 e. The summed E-state index contributed by atoms with van der Waals surface area (Å²) < 4.78 is 17.3. The average Bonchev–Trinajstić information content (AvgIpc) is 3.05. The predicted octanol–water partition coefficient (Wildman–Crippen LogP) is 2.69. The second-order valence-electron chi connectivity index (χ2n) is 8.24. The van der Waals surface area contributed by atoms with Crippen LogP contribution in [-0.2, 0) is 11.3 Å². The molecule has 8 nitrogen and oxygen atoms in total. The fraction of sp³-hybridized carbons (Fsp3) is 0.429. The van der Waals surface area contributed by atoms with Gasteiger partial charge in [-0.2, -0.15) is 4.37 Å². The highest BCUT2D eigenvalue weighted by Gasteiger charge is 2.34. The van der Waals surface area contributed by atoms with Crippen LogP contribution in [0.2, 0.25) is 0 Å². The number of primary amides is 1. The van der Waals surface area contributed by atoms with E-state index in [1.807, 2.05) is 27.7 Å². The maximum atomic E-state index is 13.5. The molecule has 1 aromatic carbocycles. The van der Waals surface area contributed by atoms with Crippen molar-refractivity contribution in [2.24, 2.45) is 5.73 Å². The summed E-state index contributed by atoms with van der Waals surface area (Å²) >= 11 is 0.756. The van der Waals surface area contributed by atoms with Gasteiger partial charge < -0.3 is 21.7 Å². The monoisotopic (exact) mass is 449 g/mol. The third-order valence-electron chi connectivity index (χ3n) is 4.42. The fourth-order valence-corrected chi connectivity index (χ4v) is 3.79. The molecular formula is C21H28FN5O3S. The van der Waals surface area contributed by atoms with Gasteiger partial charge in [0.1, 0.15) is 16.7 Å². The molecule has 31 heavy (non-hydrogen) atoms. The van der Waals surface area contributed by atoms with Crippen molar-refractivity contribution in [1.82, 2.24) is 14.6 Å². The number of nitrogens with one attached hydrogen (secondary N) is 1. The van der Waals surface area contributed by atoms with Crippen LogP contribution in [-0.4, -0.2) is 38.6 Å². The highest BCUT2D eigenvalue weighted by molar-refractivity contribution is 7.09. The average molecular weight is 450 g/mol. The summed E-state index contributed by atoms with van der Waals surface area (Å²) in [7, 11) is 0. The molecular weight excluding hydrogens is 421 g/mol.